The van der Waals surface area contributed by atoms with E-state index < -0.39 is 0 Å². The van der Waals surface area contributed by atoms with Crippen LogP contribution in [0.2, 0.25) is 0 Å². The Labute approximate surface area is 183 Å². The number of carbonyl (C=O) groups is 2. The second kappa shape index (κ2) is 7.81. The van der Waals surface area contributed by atoms with Crippen LogP contribution in [0.3, 0.4) is 0 Å². The molecule has 6 rings (SSSR count). The number of aromatic nitrogens is 2. The Hall–Kier alpha value is -2.20. The number of rotatable bonds is 6. The van der Waals surface area contributed by atoms with E-state index in [4.69, 9.17) is 0 Å². The maximum Gasteiger partial charge on any atom is 0.321 e. The van der Waals surface area contributed by atoms with Gasteiger partial charge in [-0.05, 0) is 61.2 Å². The monoisotopic (exact) mass is 446 g/mol. The first-order valence-corrected chi connectivity index (χ1v) is 12.2. The summed E-state index contributed by atoms with van der Waals surface area (Å²) >= 11 is 2.83. The van der Waals surface area contributed by atoms with Gasteiger partial charge < -0.3 is 10.6 Å². The second-order valence-corrected chi connectivity index (χ2v) is 11.0. The summed E-state index contributed by atoms with van der Waals surface area (Å²) in [5, 5.41) is 16.7. The number of carbonyl (C=O) groups excluding carboxylic acids is 2. The maximum absolute atomic E-state index is 12.3. The van der Waals surface area contributed by atoms with Crippen molar-refractivity contribution >= 4 is 45.0 Å². The molecule has 8 nitrogen and oxygen atoms in total. The molecular weight excluding hydrogens is 420 g/mol. The lowest BCUT2D eigenvalue weighted by Crippen LogP contribution is -2.58. The molecule has 4 saturated carbocycles. The zero-order valence-electron chi connectivity index (χ0n) is 16.6. The van der Waals surface area contributed by atoms with Crippen LogP contribution in [0.15, 0.2) is 23.2 Å². The third-order valence-corrected chi connectivity index (χ3v) is 8.23. The summed E-state index contributed by atoms with van der Waals surface area (Å²) in [7, 11) is 0. The molecule has 4 aliphatic rings. The van der Waals surface area contributed by atoms with Crippen molar-refractivity contribution in [2.75, 3.05) is 23.7 Å². The van der Waals surface area contributed by atoms with E-state index in [9.17, 15) is 9.59 Å². The molecule has 0 saturated heterocycles. The van der Waals surface area contributed by atoms with Gasteiger partial charge in [-0.2, -0.15) is 0 Å². The number of anilines is 2. The van der Waals surface area contributed by atoms with Crippen LogP contribution in [-0.4, -0.2) is 35.1 Å². The lowest BCUT2D eigenvalue weighted by Gasteiger charge is -2.62. The van der Waals surface area contributed by atoms with Gasteiger partial charge in [0.05, 0.1) is 0 Å². The van der Waals surface area contributed by atoms with Crippen molar-refractivity contribution in [3.05, 3.63) is 23.2 Å². The van der Waals surface area contributed by atoms with Crippen molar-refractivity contribution < 1.29 is 9.59 Å². The van der Waals surface area contributed by atoms with Crippen LogP contribution in [0.4, 0.5) is 19.9 Å². The molecule has 0 aromatic carbocycles. The molecule has 0 aliphatic heterocycles. The van der Waals surface area contributed by atoms with Gasteiger partial charge in [0, 0.05) is 36.2 Å². The predicted molar refractivity (Wildman–Crippen MR) is 118 cm³/mol. The van der Waals surface area contributed by atoms with E-state index in [1.165, 1.54) is 54.8 Å². The van der Waals surface area contributed by atoms with Crippen LogP contribution in [0.25, 0.3) is 0 Å². The van der Waals surface area contributed by atoms with Crippen LogP contribution >= 0.6 is 22.7 Å². The molecule has 4 N–H and O–H groups in total. The van der Waals surface area contributed by atoms with E-state index in [0.29, 0.717) is 35.2 Å². The minimum Gasteiger partial charge on any atom is -0.337 e. The summed E-state index contributed by atoms with van der Waals surface area (Å²) in [6, 6.07) is -0.369. The first kappa shape index (κ1) is 19.7. The van der Waals surface area contributed by atoms with Crippen molar-refractivity contribution in [1.29, 1.82) is 0 Å². The molecule has 4 bridgehead atoms. The summed E-state index contributed by atoms with van der Waals surface area (Å²) in [4.78, 5) is 32.9. The van der Waals surface area contributed by atoms with Crippen molar-refractivity contribution in [2.45, 2.75) is 38.5 Å². The number of nitrogens with one attached hydrogen (secondary N) is 4. The van der Waals surface area contributed by atoms with Gasteiger partial charge in [0.1, 0.15) is 0 Å². The molecule has 0 unspecified atom stereocenters. The fraction of sp³-hybridized carbons (Fsp3) is 0.600. The smallest absolute Gasteiger partial charge is 0.321 e. The predicted octanol–water partition coefficient (Wildman–Crippen LogP) is 4.13. The van der Waals surface area contributed by atoms with Crippen molar-refractivity contribution in [3.8, 4) is 0 Å². The summed E-state index contributed by atoms with van der Waals surface area (Å²) < 4.78 is 0. The van der Waals surface area contributed by atoms with Crippen LogP contribution in [0.5, 0.6) is 0 Å². The molecule has 2 aromatic heterocycles. The highest BCUT2D eigenvalue weighted by Gasteiger charge is 2.57. The number of hydrogen-bond donors (Lipinski definition) is 4. The Kier molecular flexibility index (Phi) is 5.14. The lowest BCUT2D eigenvalue weighted by molar-refractivity contribution is -0.105. The van der Waals surface area contributed by atoms with Gasteiger partial charge in [0.15, 0.2) is 10.3 Å². The van der Waals surface area contributed by atoms with Gasteiger partial charge in [-0.25, -0.2) is 19.6 Å². The molecule has 30 heavy (non-hydrogen) atoms. The molecule has 2 heterocycles. The van der Waals surface area contributed by atoms with Gasteiger partial charge >= 0.3 is 12.1 Å². The topological polar surface area (TPSA) is 108 Å². The SMILES string of the molecule is O=C(NCC12CC3CC(C1)CC(CNC(=O)Nc1nccs1)(C3)C2)Nc1nccs1. The molecule has 4 amide bonds. The Morgan fingerprint density at radius 1 is 0.867 bits per heavy atom. The van der Waals surface area contributed by atoms with Gasteiger partial charge in [0.25, 0.3) is 0 Å². The van der Waals surface area contributed by atoms with E-state index in [0.717, 1.165) is 6.42 Å². The van der Waals surface area contributed by atoms with Crippen LogP contribution in [-0.2, 0) is 0 Å². The van der Waals surface area contributed by atoms with E-state index in [2.05, 4.69) is 31.2 Å². The van der Waals surface area contributed by atoms with Crippen molar-refractivity contribution in [1.82, 2.24) is 20.6 Å². The Bertz CT molecular complexity index is 816. The highest BCUT2D eigenvalue weighted by Crippen LogP contribution is 2.64. The molecule has 0 radical (unpaired) electrons. The van der Waals surface area contributed by atoms with E-state index >= 15 is 0 Å². The molecule has 0 atom stereocenters. The lowest BCUT2D eigenvalue weighted by atomic mass is 9.44. The van der Waals surface area contributed by atoms with Crippen molar-refractivity contribution in [3.63, 3.8) is 0 Å². The third kappa shape index (κ3) is 4.15. The zero-order valence-corrected chi connectivity index (χ0v) is 18.3. The number of nitrogens with zero attached hydrogens (tertiary/aromatic N) is 2. The Balaban J connectivity index is 1.20. The summed E-state index contributed by atoms with van der Waals surface area (Å²) in [5.41, 5.74) is 0.273. The largest absolute Gasteiger partial charge is 0.337 e. The molecule has 4 aliphatic carbocycles. The van der Waals surface area contributed by atoms with E-state index in [-0.39, 0.29) is 22.9 Å². The average Bonchev–Trinajstić information content (AvgIpc) is 3.38. The third-order valence-electron chi connectivity index (χ3n) is 6.86. The second-order valence-electron chi connectivity index (χ2n) is 9.25. The van der Waals surface area contributed by atoms with Crippen LogP contribution in [0.1, 0.15) is 38.5 Å². The van der Waals surface area contributed by atoms with Gasteiger partial charge in [-0.15, -0.1) is 22.7 Å². The number of amides is 4. The summed E-state index contributed by atoms with van der Waals surface area (Å²) in [6.07, 6.45) is 10.4. The first-order chi connectivity index (χ1) is 14.5. The van der Waals surface area contributed by atoms with Crippen LogP contribution < -0.4 is 21.3 Å². The van der Waals surface area contributed by atoms with Gasteiger partial charge in [-0.3, -0.25) is 10.6 Å². The van der Waals surface area contributed by atoms with Gasteiger partial charge in [0.2, 0.25) is 0 Å². The summed E-state index contributed by atoms with van der Waals surface area (Å²) in [5.74, 6) is 1.39. The molecule has 4 fully saturated rings. The highest BCUT2D eigenvalue weighted by molar-refractivity contribution is 7.14. The molecule has 10 heteroatoms. The fourth-order valence-corrected chi connectivity index (χ4v) is 7.50. The summed E-state index contributed by atoms with van der Waals surface area (Å²) in [6.45, 7) is 1.37. The number of hydrogen-bond acceptors (Lipinski definition) is 6. The molecule has 160 valence electrons. The minimum atomic E-state index is -0.185. The Morgan fingerprint density at radius 2 is 1.33 bits per heavy atom. The average molecular weight is 447 g/mol. The van der Waals surface area contributed by atoms with E-state index in [1.54, 1.807) is 12.4 Å². The molecule has 2 aromatic rings. The quantitative estimate of drug-likeness (QED) is 0.535. The van der Waals surface area contributed by atoms with Gasteiger partial charge in [-0.1, -0.05) is 0 Å². The first-order valence-electron chi connectivity index (χ1n) is 10.4. The van der Waals surface area contributed by atoms with Crippen LogP contribution in [0, 0.1) is 22.7 Å². The minimum absolute atomic E-state index is 0.137. The number of urea groups is 2. The Morgan fingerprint density at radius 3 is 1.73 bits per heavy atom. The highest BCUT2D eigenvalue weighted by atomic mass is 32.1. The fourth-order valence-electron chi connectivity index (χ4n) is 6.45. The number of thiazole rings is 2. The normalized spacial score (nSPS) is 31.3. The molecule has 0 spiro atoms. The molecular formula is C20H26N6O2S2. The zero-order chi connectivity index (χ0) is 20.6. The van der Waals surface area contributed by atoms with Crippen molar-refractivity contribution in [2.24, 2.45) is 22.7 Å². The van der Waals surface area contributed by atoms with E-state index in [1.807, 2.05) is 10.8 Å². The maximum atomic E-state index is 12.3. The standard InChI is InChI=1S/C20H26N6O2S2/c27-15(25-17-21-1-3-29-17)23-11-19-6-13-5-14(7-19)9-20(8-13,10-19)12-24-16(28)26-18-22-2-4-30-18/h1-4,13-14H,5-12H2,(H2,21,23,25,27)(H2,22,24,26,28).